The van der Waals surface area contributed by atoms with E-state index in [1.165, 1.54) is 22.9 Å². The lowest BCUT2D eigenvalue weighted by molar-refractivity contribution is 0.102. The molecule has 6 heteroatoms. The highest BCUT2D eigenvalue weighted by Gasteiger charge is 2.17. The first kappa shape index (κ1) is 20.9. The summed E-state index contributed by atoms with van der Waals surface area (Å²) in [4.78, 5) is 12.6. The molecule has 0 unspecified atom stereocenters. The maximum atomic E-state index is 12.6. The molecule has 0 aliphatic heterocycles. The average Bonchev–Trinajstić information content (AvgIpc) is 3.21. The first-order valence-corrected chi connectivity index (χ1v) is 11.0. The summed E-state index contributed by atoms with van der Waals surface area (Å²) in [6, 6.07) is 25.3. The number of nitrogens with zero attached hydrogens (tertiary/aromatic N) is 3. The van der Waals surface area contributed by atoms with E-state index < -0.39 is 0 Å². The first-order valence-electron chi connectivity index (χ1n) is 10.0. The molecule has 3 aromatic carbocycles. The van der Waals surface area contributed by atoms with Crippen LogP contribution in [0.25, 0.3) is 5.69 Å². The fraction of sp³-hybridized carbons (Fsp3) is 0.160. The lowest BCUT2D eigenvalue weighted by atomic mass is 10.2. The molecule has 0 aliphatic carbocycles. The van der Waals surface area contributed by atoms with Crippen molar-refractivity contribution in [1.29, 1.82) is 0 Å². The molecule has 156 valence electrons. The summed E-state index contributed by atoms with van der Waals surface area (Å²) in [6.07, 6.45) is 0. The van der Waals surface area contributed by atoms with Gasteiger partial charge in [0, 0.05) is 11.3 Å². The van der Waals surface area contributed by atoms with Gasteiger partial charge in [-0.1, -0.05) is 77.5 Å². The molecular weight excluding hydrogens is 406 g/mol. The van der Waals surface area contributed by atoms with Gasteiger partial charge in [0.2, 0.25) is 0 Å². The van der Waals surface area contributed by atoms with Crippen LogP contribution in [0.2, 0.25) is 0 Å². The molecule has 0 saturated heterocycles. The molecule has 1 aromatic heterocycles. The highest BCUT2D eigenvalue weighted by atomic mass is 32.2. The Bertz CT molecular complexity index is 1150. The fourth-order valence-corrected chi connectivity index (χ4v) is 3.93. The standard InChI is InChI=1S/C25H23N3O2S/c1-18-8-12-21(13-9-18)28-24(16-30-22-14-10-19(2)11-15-22)26-27-25(28)31-17-23(29)20-6-4-3-5-7-20/h3-15H,16-17H2,1-2H3. The molecule has 0 atom stereocenters. The van der Waals surface area contributed by atoms with Gasteiger partial charge in [-0.2, -0.15) is 0 Å². The number of ketones is 1. The number of thioether (sulfide) groups is 1. The third kappa shape index (κ3) is 5.22. The normalized spacial score (nSPS) is 10.8. The average molecular weight is 430 g/mol. The van der Waals surface area contributed by atoms with Crippen LogP contribution in [0.1, 0.15) is 27.3 Å². The Hall–Kier alpha value is -3.38. The van der Waals surface area contributed by atoms with Gasteiger partial charge < -0.3 is 4.74 Å². The van der Waals surface area contributed by atoms with E-state index in [4.69, 9.17) is 4.74 Å². The van der Waals surface area contributed by atoms with Crippen LogP contribution in [-0.4, -0.2) is 26.3 Å². The topological polar surface area (TPSA) is 57.0 Å². The Morgan fingerprint density at radius 2 is 1.52 bits per heavy atom. The largest absolute Gasteiger partial charge is 0.486 e. The second-order valence-electron chi connectivity index (χ2n) is 7.25. The SMILES string of the molecule is Cc1ccc(OCc2nnc(SCC(=O)c3ccccc3)n2-c2ccc(C)cc2)cc1. The number of aromatic nitrogens is 3. The third-order valence-electron chi connectivity index (χ3n) is 4.81. The molecule has 0 aliphatic rings. The first-order chi connectivity index (χ1) is 15.1. The summed E-state index contributed by atoms with van der Waals surface area (Å²) < 4.78 is 7.90. The highest BCUT2D eigenvalue weighted by molar-refractivity contribution is 7.99. The Labute approximate surface area is 186 Å². The van der Waals surface area contributed by atoms with Crippen molar-refractivity contribution in [2.75, 3.05) is 5.75 Å². The molecular formula is C25H23N3O2S. The van der Waals surface area contributed by atoms with E-state index in [2.05, 4.69) is 10.2 Å². The fourth-order valence-electron chi connectivity index (χ4n) is 3.06. The molecule has 4 rings (SSSR count). The van der Waals surface area contributed by atoms with Crippen molar-refractivity contribution in [2.45, 2.75) is 25.6 Å². The van der Waals surface area contributed by atoms with E-state index in [0.29, 0.717) is 16.5 Å². The van der Waals surface area contributed by atoms with Crippen LogP contribution < -0.4 is 4.74 Å². The lowest BCUT2D eigenvalue weighted by Crippen LogP contribution is -2.08. The van der Waals surface area contributed by atoms with Gasteiger partial charge in [-0.3, -0.25) is 9.36 Å². The van der Waals surface area contributed by atoms with Gasteiger partial charge in [-0.25, -0.2) is 0 Å². The van der Waals surface area contributed by atoms with E-state index in [9.17, 15) is 4.79 Å². The van der Waals surface area contributed by atoms with Crippen LogP contribution in [0.15, 0.2) is 84.0 Å². The number of Topliss-reactive ketones (excluding diaryl/α,β-unsaturated/α-hetero) is 1. The Balaban J connectivity index is 1.56. The van der Waals surface area contributed by atoms with E-state index in [-0.39, 0.29) is 18.1 Å². The summed E-state index contributed by atoms with van der Waals surface area (Å²) in [7, 11) is 0. The number of rotatable bonds is 8. The molecule has 0 N–H and O–H groups in total. The van der Waals surface area contributed by atoms with Crippen LogP contribution in [0.5, 0.6) is 5.75 Å². The van der Waals surface area contributed by atoms with Crippen molar-refractivity contribution in [3.8, 4) is 11.4 Å². The zero-order valence-corrected chi connectivity index (χ0v) is 18.3. The molecule has 0 amide bonds. The summed E-state index contributed by atoms with van der Waals surface area (Å²) in [6.45, 7) is 4.36. The zero-order valence-electron chi connectivity index (χ0n) is 17.5. The maximum Gasteiger partial charge on any atom is 0.196 e. The molecule has 0 saturated carbocycles. The second kappa shape index (κ2) is 9.62. The number of hydrogen-bond donors (Lipinski definition) is 0. The van der Waals surface area contributed by atoms with Crippen LogP contribution in [0, 0.1) is 13.8 Å². The van der Waals surface area contributed by atoms with Crippen molar-refractivity contribution >= 4 is 17.5 Å². The van der Waals surface area contributed by atoms with Gasteiger partial charge >= 0.3 is 0 Å². The summed E-state index contributed by atoms with van der Waals surface area (Å²) in [5, 5.41) is 9.37. The second-order valence-corrected chi connectivity index (χ2v) is 8.19. The molecule has 0 spiro atoms. The molecule has 0 bridgehead atoms. The highest BCUT2D eigenvalue weighted by Crippen LogP contribution is 2.24. The van der Waals surface area contributed by atoms with Crippen LogP contribution >= 0.6 is 11.8 Å². The number of hydrogen-bond acceptors (Lipinski definition) is 5. The molecule has 0 fully saturated rings. The van der Waals surface area contributed by atoms with Gasteiger partial charge in [0.15, 0.2) is 16.8 Å². The van der Waals surface area contributed by atoms with E-state index >= 15 is 0 Å². The Kier molecular flexibility index (Phi) is 6.48. The number of carbonyl (C=O) groups is 1. The van der Waals surface area contributed by atoms with Crippen molar-refractivity contribution < 1.29 is 9.53 Å². The summed E-state index contributed by atoms with van der Waals surface area (Å²) in [5.74, 6) is 1.80. The van der Waals surface area contributed by atoms with Gasteiger partial charge in [-0.05, 0) is 38.1 Å². The minimum atomic E-state index is 0.0570. The van der Waals surface area contributed by atoms with Gasteiger partial charge in [-0.15, -0.1) is 10.2 Å². The van der Waals surface area contributed by atoms with Gasteiger partial charge in [0.05, 0.1) is 5.75 Å². The van der Waals surface area contributed by atoms with Crippen molar-refractivity contribution in [1.82, 2.24) is 14.8 Å². The van der Waals surface area contributed by atoms with Gasteiger partial charge in [0.25, 0.3) is 0 Å². The predicted octanol–water partition coefficient (Wildman–Crippen LogP) is 5.44. The maximum absolute atomic E-state index is 12.6. The minimum Gasteiger partial charge on any atom is -0.486 e. The zero-order chi connectivity index (χ0) is 21.6. The van der Waals surface area contributed by atoms with E-state index in [1.54, 1.807) is 0 Å². The van der Waals surface area contributed by atoms with E-state index in [0.717, 1.165) is 11.4 Å². The smallest absolute Gasteiger partial charge is 0.196 e. The Morgan fingerprint density at radius 1 is 0.871 bits per heavy atom. The molecule has 31 heavy (non-hydrogen) atoms. The number of carbonyl (C=O) groups excluding carboxylic acids is 1. The van der Waals surface area contributed by atoms with Crippen molar-refractivity contribution in [3.05, 3.63) is 101 Å². The third-order valence-corrected chi connectivity index (χ3v) is 5.74. The summed E-state index contributed by atoms with van der Waals surface area (Å²) in [5.41, 5.74) is 3.98. The van der Waals surface area contributed by atoms with Gasteiger partial charge in [0.1, 0.15) is 12.4 Å². The van der Waals surface area contributed by atoms with Crippen molar-refractivity contribution in [2.24, 2.45) is 0 Å². The van der Waals surface area contributed by atoms with Crippen LogP contribution in [0.3, 0.4) is 0 Å². The molecule has 0 radical (unpaired) electrons. The minimum absolute atomic E-state index is 0.0570. The quantitative estimate of drug-likeness (QED) is 0.276. The molecule has 1 heterocycles. The molecule has 5 nitrogen and oxygen atoms in total. The monoisotopic (exact) mass is 429 g/mol. The number of benzene rings is 3. The predicted molar refractivity (Wildman–Crippen MR) is 123 cm³/mol. The van der Waals surface area contributed by atoms with Crippen LogP contribution in [0.4, 0.5) is 0 Å². The molecule has 4 aromatic rings. The van der Waals surface area contributed by atoms with Crippen LogP contribution in [-0.2, 0) is 6.61 Å². The van der Waals surface area contributed by atoms with E-state index in [1.807, 2.05) is 97.3 Å². The summed E-state index contributed by atoms with van der Waals surface area (Å²) >= 11 is 1.38. The number of aryl methyl sites for hydroxylation is 2. The number of ether oxygens (including phenoxy) is 1. The lowest BCUT2D eigenvalue weighted by Gasteiger charge is -2.11. The Morgan fingerprint density at radius 3 is 2.19 bits per heavy atom. The van der Waals surface area contributed by atoms with Crippen molar-refractivity contribution in [3.63, 3.8) is 0 Å².